The van der Waals surface area contributed by atoms with Crippen molar-refractivity contribution in [2.45, 2.75) is 33.2 Å². The van der Waals surface area contributed by atoms with Gasteiger partial charge in [-0.05, 0) is 39.8 Å². The number of ether oxygens (including phenoxy) is 1. The van der Waals surface area contributed by atoms with Gasteiger partial charge >= 0.3 is 0 Å². The summed E-state index contributed by atoms with van der Waals surface area (Å²) < 4.78 is 5.84. The number of rotatable bonds is 4. The number of para-hydroxylation sites is 1. The van der Waals surface area contributed by atoms with Crippen LogP contribution in [0.15, 0.2) is 30.3 Å². The van der Waals surface area contributed by atoms with E-state index >= 15 is 0 Å². The first-order valence-electron chi connectivity index (χ1n) is 6.70. The van der Waals surface area contributed by atoms with Gasteiger partial charge in [0.1, 0.15) is 17.9 Å². The van der Waals surface area contributed by atoms with Crippen LogP contribution in [0.1, 0.15) is 26.5 Å². The van der Waals surface area contributed by atoms with Gasteiger partial charge < -0.3 is 10.1 Å². The minimum absolute atomic E-state index is 0.122. The Labute approximate surface area is 115 Å². The molecule has 102 valence electrons. The van der Waals surface area contributed by atoms with Crippen LogP contribution in [0.3, 0.4) is 0 Å². The molecule has 1 N–H and O–H groups in total. The van der Waals surface area contributed by atoms with Crippen molar-refractivity contribution in [1.82, 2.24) is 10.3 Å². The number of benzene rings is 1. The van der Waals surface area contributed by atoms with Gasteiger partial charge in [-0.2, -0.15) is 0 Å². The van der Waals surface area contributed by atoms with E-state index in [9.17, 15) is 0 Å². The fourth-order valence-corrected chi connectivity index (χ4v) is 1.92. The zero-order chi connectivity index (χ0) is 13.9. The lowest BCUT2D eigenvalue weighted by Crippen LogP contribution is -2.38. The molecule has 2 aromatic rings. The van der Waals surface area contributed by atoms with Crippen LogP contribution in [0.25, 0.3) is 10.9 Å². The second-order valence-corrected chi connectivity index (χ2v) is 5.81. The first-order chi connectivity index (χ1) is 8.96. The molecule has 19 heavy (non-hydrogen) atoms. The molecule has 0 bridgehead atoms. The number of nitrogens with zero attached hydrogens (tertiary/aromatic N) is 1. The Morgan fingerprint density at radius 3 is 2.68 bits per heavy atom. The lowest BCUT2D eigenvalue weighted by atomic mass is 10.1. The Kier molecular flexibility index (Phi) is 4.05. The minimum atomic E-state index is 0.122. The number of fused-ring (bicyclic) bond motifs is 1. The Bertz CT molecular complexity index is 558. The van der Waals surface area contributed by atoms with Crippen LogP contribution in [0.5, 0.6) is 5.75 Å². The summed E-state index contributed by atoms with van der Waals surface area (Å²) in [4.78, 5) is 4.56. The molecule has 0 saturated heterocycles. The summed E-state index contributed by atoms with van der Waals surface area (Å²) in [6, 6.07) is 10.1. The van der Waals surface area contributed by atoms with Crippen molar-refractivity contribution in [2.24, 2.45) is 0 Å². The largest absolute Gasteiger partial charge is 0.490 e. The number of nitrogens with one attached hydrogen (secondary N) is 1. The second kappa shape index (κ2) is 5.57. The van der Waals surface area contributed by atoms with Gasteiger partial charge in [0, 0.05) is 23.2 Å². The number of pyridine rings is 1. The first-order valence-corrected chi connectivity index (χ1v) is 6.70. The molecule has 1 aromatic carbocycles. The average molecular weight is 258 g/mol. The van der Waals surface area contributed by atoms with E-state index in [0.717, 1.165) is 28.9 Å². The second-order valence-electron chi connectivity index (χ2n) is 5.81. The Morgan fingerprint density at radius 2 is 1.95 bits per heavy atom. The fourth-order valence-electron chi connectivity index (χ4n) is 1.92. The van der Waals surface area contributed by atoms with Crippen LogP contribution in [-0.2, 0) is 0 Å². The highest BCUT2D eigenvalue weighted by molar-refractivity contribution is 5.84. The number of hydrogen-bond acceptors (Lipinski definition) is 3. The van der Waals surface area contributed by atoms with Crippen molar-refractivity contribution in [3.8, 4) is 5.75 Å². The van der Waals surface area contributed by atoms with Crippen LogP contribution in [0.2, 0.25) is 0 Å². The summed E-state index contributed by atoms with van der Waals surface area (Å²) in [6.07, 6.45) is 0. The number of hydrogen-bond donors (Lipinski definition) is 1. The van der Waals surface area contributed by atoms with E-state index in [0.29, 0.717) is 6.61 Å². The van der Waals surface area contributed by atoms with E-state index in [1.54, 1.807) is 0 Å². The van der Waals surface area contributed by atoms with Crippen molar-refractivity contribution >= 4 is 10.9 Å². The normalized spacial score (nSPS) is 11.8. The lowest BCUT2D eigenvalue weighted by Gasteiger charge is -2.20. The van der Waals surface area contributed by atoms with Crippen LogP contribution >= 0.6 is 0 Å². The Hall–Kier alpha value is -1.61. The molecule has 2 rings (SSSR count). The molecule has 0 aliphatic rings. The SMILES string of the molecule is Cc1ccc2cccc(OCCNC(C)(C)C)c2n1. The van der Waals surface area contributed by atoms with Crippen LogP contribution in [0.4, 0.5) is 0 Å². The topological polar surface area (TPSA) is 34.1 Å². The minimum Gasteiger partial charge on any atom is -0.490 e. The summed E-state index contributed by atoms with van der Waals surface area (Å²) in [5, 5.41) is 4.52. The predicted molar refractivity (Wildman–Crippen MR) is 79.7 cm³/mol. The third-order valence-electron chi connectivity index (χ3n) is 2.84. The standard InChI is InChI=1S/C16H22N2O/c1-12-8-9-13-6-5-7-14(15(13)18-12)19-11-10-17-16(2,3)4/h5-9,17H,10-11H2,1-4H3. The van der Waals surface area contributed by atoms with Crippen molar-refractivity contribution < 1.29 is 4.74 Å². The third-order valence-corrected chi connectivity index (χ3v) is 2.84. The summed E-state index contributed by atoms with van der Waals surface area (Å²) in [6.45, 7) is 9.91. The van der Waals surface area contributed by atoms with Crippen molar-refractivity contribution in [1.29, 1.82) is 0 Å². The lowest BCUT2D eigenvalue weighted by molar-refractivity contribution is 0.293. The fraction of sp³-hybridized carbons (Fsp3) is 0.438. The smallest absolute Gasteiger partial charge is 0.145 e. The van der Waals surface area contributed by atoms with Gasteiger partial charge in [-0.15, -0.1) is 0 Å². The molecule has 1 aromatic heterocycles. The zero-order valence-corrected chi connectivity index (χ0v) is 12.2. The van der Waals surface area contributed by atoms with Gasteiger partial charge in [-0.1, -0.05) is 18.2 Å². The van der Waals surface area contributed by atoms with Crippen LogP contribution < -0.4 is 10.1 Å². The maximum atomic E-state index is 5.84. The quantitative estimate of drug-likeness (QED) is 0.854. The number of aryl methyl sites for hydroxylation is 1. The van der Waals surface area contributed by atoms with E-state index in [1.807, 2.05) is 25.1 Å². The molecule has 3 heteroatoms. The van der Waals surface area contributed by atoms with Crippen molar-refractivity contribution in [3.05, 3.63) is 36.0 Å². The zero-order valence-electron chi connectivity index (χ0n) is 12.2. The van der Waals surface area contributed by atoms with Gasteiger partial charge in [0.2, 0.25) is 0 Å². The summed E-state index contributed by atoms with van der Waals surface area (Å²) >= 11 is 0. The van der Waals surface area contributed by atoms with Gasteiger partial charge in [-0.25, -0.2) is 4.98 Å². The third kappa shape index (κ3) is 3.93. The van der Waals surface area contributed by atoms with E-state index in [1.165, 1.54) is 0 Å². The number of aromatic nitrogens is 1. The molecule has 0 atom stereocenters. The van der Waals surface area contributed by atoms with E-state index < -0.39 is 0 Å². The van der Waals surface area contributed by atoms with Gasteiger partial charge in [0.05, 0.1) is 0 Å². The monoisotopic (exact) mass is 258 g/mol. The van der Waals surface area contributed by atoms with Gasteiger partial charge in [0.25, 0.3) is 0 Å². The van der Waals surface area contributed by atoms with Crippen molar-refractivity contribution in [3.63, 3.8) is 0 Å². The highest BCUT2D eigenvalue weighted by Crippen LogP contribution is 2.23. The molecule has 0 aliphatic heterocycles. The molecule has 3 nitrogen and oxygen atoms in total. The predicted octanol–water partition coefficient (Wildman–Crippen LogP) is 3.31. The summed E-state index contributed by atoms with van der Waals surface area (Å²) in [5.41, 5.74) is 2.08. The molecule has 0 spiro atoms. The van der Waals surface area contributed by atoms with Crippen molar-refractivity contribution in [2.75, 3.05) is 13.2 Å². The highest BCUT2D eigenvalue weighted by Gasteiger charge is 2.08. The Balaban J connectivity index is 2.06. The molecule has 0 amide bonds. The van der Waals surface area contributed by atoms with E-state index in [-0.39, 0.29) is 5.54 Å². The van der Waals surface area contributed by atoms with Crippen LogP contribution in [0, 0.1) is 6.92 Å². The molecule has 0 radical (unpaired) electrons. The molecule has 1 heterocycles. The molecule has 0 saturated carbocycles. The summed E-state index contributed by atoms with van der Waals surface area (Å²) in [5.74, 6) is 0.858. The molecule has 0 unspecified atom stereocenters. The van der Waals surface area contributed by atoms with E-state index in [4.69, 9.17) is 4.74 Å². The van der Waals surface area contributed by atoms with E-state index in [2.05, 4.69) is 43.2 Å². The average Bonchev–Trinajstić information content (AvgIpc) is 2.33. The maximum Gasteiger partial charge on any atom is 0.145 e. The Morgan fingerprint density at radius 1 is 1.16 bits per heavy atom. The van der Waals surface area contributed by atoms with Gasteiger partial charge in [0.15, 0.2) is 0 Å². The highest BCUT2D eigenvalue weighted by atomic mass is 16.5. The van der Waals surface area contributed by atoms with Gasteiger partial charge in [-0.3, -0.25) is 0 Å². The molecular weight excluding hydrogens is 236 g/mol. The molecular formula is C16H22N2O. The first kappa shape index (κ1) is 13.8. The molecule has 0 aliphatic carbocycles. The maximum absolute atomic E-state index is 5.84. The summed E-state index contributed by atoms with van der Waals surface area (Å²) in [7, 11) is 0. The molecule has 0 fully saturated rings. The van der Waals surface area contributed by atoms with Crippen LogP contribution in [-0.4, -0.2) is 23.7 Å².